The van der Waals surface area contributed by atoms with Crippen LogP contribution in [0.1, 0.15) is 68.3 Å². The van der Waals surface area contributed by atoms with Crippen molar-refractivity contribution in [2.24, 2.45) is 0 Å². The predicted octanol–water partition coefficient (Wildman–Crippen LogP) is 4.41. The minimum atomic E-state index is -4.78. The molecule has 0 radical (unpaired) electrons. The van der Waals surface area contributed by atoms with Crippen molar-refractivity contribution in [2.75, 3.05) is 7.11 Å². The molecule has 7 heteroatoms. The molecule has 0 heterocycles. The number of aliphatic hydroxyl groups is 1. The maximum atomic E-state index is 13.1. The smallest absolute Gasteiger partial charge is 0.379 e. The normalized spacial score (nSPS) is 27.9. The Morgan fingerprint density at radius 2 is 1.61 bits per heavy atom. The van der Waals surface area contributed by atoms with Gasteiger partial charge in [-0.3, -0.25) is 4.79 Å². The average Bonchev–Trinajstić information content (AvgIpc) is 3.48. The molecule has 0 aliphatic heterocycles. The van der Waals surface area contributed by atoms with Crippen LogP contribution in [-0.4, -0.2) is 46.9 Å². The van der Waals surface area contributed by atoms with E-state index in [9.17, 15) is 23.1 Å². The van der Waals surface area contributed by atoms with Crippen molar-refractivity contribution >= 4 is 5.91 Å². The molecule has 1 aromatic rings. The topological polar surface area (TPSA) is 49.8 Å². The highest BCUT2D eigenvalue weighted by Gasteiger charge is 2.51. The largest absolute Gasteiger partial charge is 0.421 e. The van der Waals surface area contributed by atoms with Crippen LogP contribution >= 0.6 is 0 Å². The lowest BCUT2D eigenvalue weighted by Crippen LogP contribution is -2.47. The lowest BCUT2D eigenvalue weighted by Gasteiger charge is -2.41. The van der Waals surface area contributed by atoms with E-state index >= 15 is 0 Å². The summed E-state index contributed by atoms with van der Waals surface area (Å²) in [4.78, 5) is 15.0. The number of hydrogen-bond acceptors (Lipinski definition) is 3. The summed E-state index contributed by atoms with van der Waals surface area (Å²) in [6.07, 6.45) is 0.598. The van der Waals surface area contributed by atoms with Gasteiger partial charge in [-0.1, -0.05) is 12.1 Å². The summed E-state index contributed by atoms with van der Waals surface area (Å²) < 4.78 is 44.6. The molecular weight excluding hydrogens is 371 g/mol. The predicted molar refractivity (Wildman–Crippen MR) is 98.9 cm³/mol. The number of hydrogen-bond donors (Lipinski definition) is 1. The molecule has 0 bridgehead atoms. The summed E-state index contributed by atoms with van der Waals surface area (Å²) in [6, 6.07) is 5.48. The zero-order valence-corrected chi connectivity index (χ0v) is 16.6. The zero-order chi connectivity index (χ0) is 20.7. The molecule has 2 fully saturated rings. The molecule has 1 atom stereocenters. The highest BCUT2D eigenvalue weighted by Crippen LogP contribution is 2.40. The number of methoxy groups -OCH3 is 1. The Bertz CT molecular complexity index is 703. The Balaban J connectivity index is 1.76. The number of alkyl halides is 3. The van der Waals surface area contributed by atoms with Crippen molar-refractivity contribution in [3.8, 4) is 0 Å². The fourth-order valence-electron chi connectivity index (χ4n) is 3.93. The summed E-state index contributed by atoms with van der Waals surface area (Å²) in [6.45, 7) is 2.80. The highest BCUT2D eigenvalue weighted by molar-refractivity contribution is 5.95. The summed E-state index contributed by atoms with van der Waals surface area (Å²) >= 11 is 0. The van der Waals surface area contributed by atoms with Crippen LogP contribution in [0, 0.1) is 0 Å². The van der Waals surface area contributed by atoms with Gasteiger partial charge in [-0.25, -0.2) is 0 Å². The van der Waals surface area contributed by atoms with Crippen LogP contribution in [0.15, 0.2) is 24.3 Å². The van der Waals surface area contributed by atoms with Gasteiger partial charge in [-0.2, -0.15) is 13.2 Å². The van der Waals surface area contributed by atoms with E-state index in [0.29, 0.717) is 5.56 Å². The van der Waals surface area contributed by atoms with Crippen molar-refractivity contribution in [2.45, 2.75) is 81.8 Å². The maximum Gasteiger partial charge on any atom is 0.421 e. The first-order chi connectivity index (χ1) is 13.0. The van der Waals surface area contributed by atoms with E-state index in [-0.39, 0.29) is 29.2 Å². The average molecular weight is 399 g/mol. The number of carbonyl (C=O) groups excluding carboxylic acids is 1. The number of nitrogens with zero attached hydrogens (tertiary/aromatic N) is 1. The van der Waals surface area contributed by atoms with Crippen LogP contribution < -0.4 is 0 Å². The second kappa shape index (κ2) is 7.34. The Labute approximate surface area is 163 Å². The molecule has 2 saturated carbocycles. The van der Waals surface area contributed by atoms with Crippen molar-refractivity contribution in [3.05, 3.63) is 35.4 Å². The van der Waals surface area contributed by atoms with Gasteiger partial charge in [0.05, 0.1) is 5.60 Å². The van der Waals surface area contributed by atoms with Gasteiger partial charge in [-0.15, -0.1) is 0 Å². The standard InChI is InChI=1S/C21H28F3NO3/c1-19(28-3)12-10-17(11-13-19)25(16-8-9-16)18(26)14-4-6-15(7-5-14)20(2,27)21(22,23)24/h4-7,16-17,27H,8-13H2,1-3H3/t17-,19-,20-/m0/s1. The second-order valence-corrected chi connectivity index (χ2v) is 8.48. The van der Waals surface area contributed by atoms with Crippen LogP contribution in [0.3, 0.4) is 0 Å². The Hall–Kier alpha value is -1.60. The molecule has 28 heavy (non-hydrogen) atoms. The van der Waals surface area contributed by atoms with Crippen LogP contribution in [0.4, 0.5) is 13.2 Å². The Kier molecular flexibility index (Phi) is 5.53. The highest BCUT2D eigenvalue weighted by atomic mass is 19.4. The molecular formula is C21H28F3NO3. The summed E-state index contributed by atoms with van der Waals surface area (Å²) in [7, 11) is 1.71. The minimum Gasteiger partial charge on any atom is -0.379 e. The SMILES string of the molecule is CO[C@]1(C)CC[C@@H](N(C(=O)c2ccc([C@](C)(O)C(F)(F)F)cc2)C2CC2)CC1. The number of benzene rings is 1. The van der Waals surface area contributed by atoms with Gasteiger partial charge in [0.15, 0.2) is 5.60 Å². The molecule has 1 aromatic carbocycles. The monoisotopic (exact) mass is 399 g/mol. The van der Waals surface area contributed by atoms with Crippen molar-refractivity contribution in [3.63, 3.8) is 0 Å². The van der Waals surface area contributed by atoms with E-state index in [1.165, 1.54) is 24.3 Å². The molecule has 2 aliphatic rings. The van der Waals surface area contributed by atoms with E-state index in [2.05, 4.69) is 6.92 Å². The van der Waals surface area contributed by atoms with Crippen LogP contribution in [0.2, 0.25) is 0 Å². The second-order valence-electron chi connectivity index (χ2n) is 8.48. The third kappa shape index (κ3) is 4.06. The molecule has 2 aliphatic carbocycles. The van der Waals surface area contributed by atoms with Crippen LogP contribution in [0.5, 0.6) is 0 Å². The van der Waals surface area contributed by atoms with Gasteiger partial charge in [0.25, 0.3) is 5.91 Å². The van der Waals surface area contributed by atoms with E-state index in [4.69, 9.17) is 4.74 Å². The number of carbonyl (C=O) groups is 1. The van der Waals surface area contributed by atoms with E-state index in [1.807, 2.05) is 4.90 Å². The summed E-state index contributed by atoms with van der Waals surface area (Å²) in [5, 5.41) is 9.80. The summed E-state index contributed by atoms with van der Waals surface area (Å²) in [5.74, 6) is -0.147. The van der Waals surface area contributed by atoms with Crippen LogP contribution in [0.25, 0.3) is 0 Å². The molecule has 0 unspecified atom stereocenters. The van der Waals surface area contributed by atoms with E-state index in [0.717, 1.165) is 45.4 Å². The summed E-state index contributed by atoms with van der Waals surface area (Å²) in [5.41, 5.74) is -3.02. The maximum absolute atomic E-state index is 13.1. The van der Waals surface area contributed by atoms with Gasteiger partial charge in [0.1, 0.15) is 0 Å². The van der Waals surface area contributed by atoms with Gasteiger partial charge in [0.2, 0.25) is 0 Å². The number of ether oxygens (including phenoxy) is 1. The van der Waals surface area contributed by atoms with Gasteiger partial charge >= 0.3 is 6.18 Å². The molecule has 4 nitrogen and oxygen atoms in total. The van der Waals surface area contributed by atoms with Crippen molar-refractivity contribution in [1.29, 1.82) is 0 Å². The first-order valence-corrected chi connectivity index (χ1v) is 9.76. The molecule has 3 rings (SSSR count). The third-order valence-corrected chi connectivity index (χ3v) is 6.32. The molecule has 1 N–H and O–H groups in total. The van der Waals surface area contributed by atoms with E-state index < -0.39 is 11.8 Å². The van der Waals surface area contributed by atoms with Gasteiger partial charge in [0, 0.05) is 24.8 Å². The molecule has 0 saturated heterocycles. The fourth-order valence-corrected chi connectivity index (χ4v) is 3.93. The van der Waals surface area contributed by atoms with E-state index in [1.54, 1.807) is 7.11 Å². The Morgan fingerprint density at radius 1 is 1.11 bits per heavy atom. The number of rotatable bonds is 5. The molecule has 0 spiro atoms. The number of halogens is 3. The lowest BCUT2D eigenvalue weighted by molar-refractivity contribution is -0.258. The molecule has 0 aromatic heterocycles. The van der Waals surface area contributed by atoms with Crippen molar-refractivity contribution in [1.82, 2.24) is 4.90 Å². The quantitative estimate of drug-likeness (QED) is 0.798. The Morgan fingerprint density at radius 3 is 2.04 bits per heavy atom. The van der Waals surface area contributed by atoms with Crippen molar-refractivity contribution < 1.29 is 27.8 Å². The lowest BCUT2D eigenvalue weighted by atomic mass is 9.82. The fraction of sp³-hybridized carbons (Fsp3) is 0.667. The molecule has 1 amide bonds. The number of amides is 1. The first-order valence-electron chi connectivity index (χ1n) is 9.76. The zero-order valence-electron chi connectivity index (χ0n) is 16.6. The minimum absolute atomic E-state index is 0.126. The van der Waals surface area contributed by atoms with Gasteiger partial charge in [-0.05, 0) is 70.1 Å². The van der Waals surface area contributed by atoms with Crippen LogP contribution in [-0.2, 0) is 10.3 Å². The molecule has 156 valence electrons. The van der Waals surface area contributed by atoms with Gasteiger partial charge < -0.3 is 14.7 Å². The third-order valence-electron chi connectivity index (χ3n) is 6.32. The first kappa shape index (κ1) is 21.1.